The number of carbonyl (C=O) groups excluding carboxylic acids is 1. The lowest BCUT2D eigenvalue weighted by Crippen LogP contribution is -2.11. The van der Waals surface area contributed by atoms with Crippen LogP contribution in [0, 0.1) is 0 Å². The van der Waals surface area contributed by atoms with Crippen molar-refractivity contribution in [1.82, 2.24) is 15.2 Å². The molecule has 0 fully saturated rings. The van der Waals surface area contributed by atoms with E-state index in [-0.39, 0.29) is 11.3 Å². The number of para-hydroxylation sites is 1. The second-order valence-electron chi connectivity index (χ2n) is 4.10. The fourth-order valence-electron chi connectivity index (χ4n) is 1.70. The molecule has 104 valence electrons. The van der Waals surface area contributed by atoms with Gasteiger partial charge in [0.25, 0.3) is 5.91 Å². The molecule has 1 aromatic carbocycles. The molecule has 0 spiro atoms. The van der Waals surface area contributed by atoms with Crippen molar-refractivity contribution in [3.63, 3.8) is 0 Å². The zero-order chi connectivity index (χ0) is 14.7. The maximum absolute atomic E-state index is 12.0. The van der Waals surface area contributed by atoms with Gasteiger partial charge in [-0.25, -0.2) is 0 Å². The number of rotatable bonds is 3. The van der Waals surface area contributed by atoms with Crippen molar-refractivity contribution in [2.24, 2.45) is 0 Å². The summed E-state index contributed by atoms with van der Waals surface area (Å²) in [5.74, 6) is -0.513. The number of aromatic hydroxyl groups is 1. The lowest BCUT2D eigenvalue weighted by molar-refractivity contribution is 0.102. The summed E-state index contributed by atoms with van der Waals surface area (Å²) < 4.78 is 0. The summed E-state index contributed by atoms with van der Waals surface area (Å²) >= 11 is 1.22. The van der Waals surface area contributed by atoms with Gasteiger partial charge in [-0.1, -0.05) is 29.5 Å². The molecule has 6 nitrogen and oxygen atoms in total. The molecule has 3 rings (SSSR count). The highest BCUT2D eigenvalue weighted by Crippen LogP contribution is 2.25. The first-order valence-electron chi connectivity index (χ1n) is 6.08. The number of aromatic nitrogens is 3. The van der Waals surface area contributed by atoms with Gasteiger partial charge in [-0.05, 0) is 24.3 Å². The minimum absolute atomic E-state index is 0.0792. The van der Waals surface area contributed by atoms with Crippen LogP contribution in [0.15, 0.2) is 48.7 Å². The van der Waals surface area contributed by atoms with E-state index in [2.05, 4.69) is 20.5 Å². The molecule has 7 heteroatoms. The Morgan fingerprint density at radius 2 is 1.90 bits per heavy atom. The predicted molar refractivity (Wildman–Crippen MR) is 79.2 cm³/mol. The van der Waals surface area contributed by atoms with Gasteiger partial charge in [0.1, 0.15) is 11.4 Å². The molecule has 0 aliphatic carbocycles. The highest BCUT2D eigenvalue weighted by Gasteiger charge is 2.14. The summed E-state index contributed by atoms with van der Waals surface area (Å²) in [7, 11) is 0. The Kier molecular flexibility index (Phi) is 3.57. The number of nitrogens with one attached hydrogen (secondary N) is 1. The van der Waals surface area contributed by atoms with Crippen LogP contribution in [0.2, 0.25) is 0 Å². The number of phenolic OH excluding ortho intramolecular Hbond substituents is 1. The van der Waals surface area contributed by atoms with E-state index in [4.69, 9.17) is 0 Å². The van der Waals surface area contributed by atoms with E-state index >= 15 is 0 Å². The quantitative estimate of drug-likeness (QED) is 0.776. The number of hydrogen-bond acceptors (Lipinski definition) is 6. The molecule has 2 N–H and O–H groups in total. The van der Waals surface area contributed by atoms with Crippen molar-refractivity contribution in [2.45, 2.75) is 0 Å². The van der Waals surface area contributed by atoms with E-state index in [0.29, 0.717) is 15.8 Å². The third-order valence-corrected chi connectivity index (χ3v) is 3.54. The van der Waals surface area contributed by atoms with E-state index in [1.807, 2.05) is 18.2 Å². The Hall–Kier alpha value is -2.80. The molecule has 1 amide bonds. The average molecular weight is 298 g/mol. The number of amides is 1. The van der Waals surface area contributed by atoms with Crippen molar-refractivity contribution in [2.75, 3.05) is 5.32 Å². The van der Waals surface area contributed by atoms with Gasteiger partial charge in [0, 0.05) is 6.20 Å². The summed E-state index contributed by atoms with van der Waals surface area (Å²) in [5.41, 5.74) is 0.880. The molecule has 2 aromatic heterocycles. The largest absolute Gasteiger partial charge is 0.507 e. The Morgan fingerprint density at radius 1 is 1.10 bits per heavy atom. The van der Waals surface area contributed by atoms with Gasteiger partial charge in [-0.15, -0.1) is 10.2 Å². The number of benzene rings is 1. The van der Waals surface area contributed by atoms with Crippen LogP contribution in [-0.4, -0.2) is 26.2 Å². The van der Waals surface area contributed by atoms with Crippen LogP contribution < -0.4 is 5.32 Å². The molecule has 0 atom stereocenters. The minimum Gasteiger partial charge on any atom is -0.507 e. The molecular weight excluding hydrogens is 288 g/mol. The van der Waals surface area contributed by atoms with Gasteiger partial charge in [-0.3, -0.25) is 15.1 Å². The maximum Gasteiger partial charge on any atom is 0.261 e. The molecule has 0 aliphatic heterocycles. The predicted octanol–water partition coefficient (Wildman–Crippen LogP) is 2.56. The van der Waals surface area contributed by atoms with Crippen LogP contribution in [-0.2, 0) is 0 Å². The van der Waals surface area contributed by atoms with Crippen LogP contribution in [0.4, 0.5) is 5.13 Å². The first kappa shape index (κ1) is 13.2. The van der Waals surface area contributed by atoms with E-state index in [1.54, 1.807) is 18.3 Å². The van der Waals surface area contributed by atoms with Crippen molar-refractivity contribution >= 4 is 22.4 Å². The Labute approximate surface area is 124 Å². The van der Waals surface area contributed by atoms with Crippen LogP contribution in [0.1, 0.15) is 10.4 Å². The SMILES string of the molecule is O=C(Nc1nnc(-c2ccccn2)s1)c1ccccc1O. The van der Waals surface area contributed by atoms with E-state index < -0.39 is 5.91 Å². The second kappa shape index (κ2) is 5.68. The number of carbonyl (C=O) groups is 1. The first-order valence-corrected chi connectivity index (χ1v) is 6.90. The van der Waals surface area contributed by atoms with Gasteiger partial charge >= 0.3 is 0 Å². The zero-order valence-corrected chi connectivity index (χ0v) is 11.5. The summed E-state index contributed by atoms with van der Waals surface area (Å²) in [6, 6.07) is 11.8. The number of hydrogen-bond donors (Lipinski definition) is 2. The van der Waals surface area contributed by atoms with Crippen LogP contribution in [0.3, 0.4) is 0 Å². The standard InChI is InChI=1S/C14H10N4O2S/c19-11-7-2-1-5-9(11)12(20)16-14-18-17-13(21-14)10-6-3-4-8-15-10/h1-8,19H,(H,16,18,20). The summed E-state index contributed by atoms with van der Waals surface area (Å²) in [6.07, 6.45) is 1.66. The molecule has 0 radical (unpaired) electrons. The number of phenols is 1. The molecule has 0 bridgehead atoms. The van der Waals surface area contributed by atoms with Gasteiger partial charge in [-0.2, -0.15) is 0 Å². The minimum atomic E-state index is -0.433. The highest BCUT2D eigenvalue weighted by molar-refractivity contribution is 7.18. The van der Waals surface area contributed by atoms with E-state index in [0.717, 1.165) is 0 Å². The molecule has 21 heavy (non-hydrogen) atoms. The third kappa shape index (κ3) is 2.87. The van der Waals surface area contributed by atoms with Crippen molar-refractivity contribution in [3.05, 3.63) is 54.2 Å². The fraction of sp³-hybridized carbons (Fsp3) is 0. The highest BCUT2D eigenvalue weighted by atomic mass is 32.1. The van der Waals surface area contributed by atoms with Gasteiger partial charge in [0.05, 0.1) is 5.56 Å². The van der Waals surface area contributed by atoms with Crippen molar-refractivity contribution in [3.8, 4) is 16.5 Å². The van der Waals surface area contributed by atoms with Gasteiger partial charge < -0.3 is 5.11 Å². The fourth-order valence-corrected chi connectivity index (χ4v) is 2.41. The zero-order valence-electron chi connectivity index (χ0n) is 10.7. The van der Waals surface area contributed by atoms with E-state index in [9.17, 15) is 9.90 Å². The molecule has 0 saturated heterocycles. The number of pyridine rings is 1. The monoisotopic (exact) mass is 298 g/mol. The second-order valence-corrected chi connectivity index (χ2v) is 5.08. The Balaban J connectivity index is 1.79. The molecule has 0 aliphatic rings. The Bertz CT molecular complexity index is 773. The van der Waals surface area contributed by atoms with Crippen LogP contribution in [0.5, 0.6) is 5.75 Å². The molecule has 3 aromatic rings. The molecular formula is C14H10N4O2S. The summed E-state index contributed by atoms with van der Waals surface area (Å²) in [4.78, 5) is 16.2. The van der Waals surface area contributed by atoms with Crippen LogP contribution >= 0.6 is 11.3 Å². The third-order valence-electron chi connectivity index (χ3n) is 2.68. The van der Waals surface area contributed by atoms with Crippen molar-refractivity contribution in [1.29, 1.82) is 0 Å². The normalized spacial score (nSPS) is 10.3. The Morgan fingerprint density at radius 3 is 2.67 bits per heavy atom. The van der Waals surface area contributed by atoms with Gasteiger partial charge in [0.15, 0.2) is 5.01 Å². The summed E-state index contributed by atoms with van der Waals surface area (Å²) in [6.45, 7) is 0. The van der Waals surface area contributed by atoms with Gasteiger partial charge in [0.2, 0.25) is 5.13 Å². The topological polar surface area (TPSA) is 88.0 Å². The van der Waals surface area contributed by atoms with Crippen LogP contribution in [0.25, 0.3) is 10.7 Å². The number of nitrogens with zero attached hydrogens (tertiary/aromatic N) is 3. The smallest absolute Gasteiger partial charge is 0.261 e. The van der Waals surface area contributed by atoms with E-state index in [1.165, 1.54) is 23.5 Å². The lowest BCUT2D eigenvalue weighted by atomic mass is 10.2. The maximum atomic E-state index is 12.0. The first-order chi connectivity index (χ1) is 10.2. The average Bonchev–Trinajstić information content (AvgIpc) is 2.97. The number of anilines is 1. The lowest BCUT2D eigenvalue weighted by Gasteiger charge is -2.02. The summed E-state index contributed by atoms with van der Waals surface area (Å²) in [5, 5.41) is 21.1. The molecule has 2 heterocycles. The molecule has 0 saturated carbocycles. The molecule has 0 unspecified atom stereocenters. The van der Waals surface area contributed by atoms with Crippen molar-refractivity contribution < 1.29 is 9.90 Å².